The number of hydrogen-bond donors (Lipinski definition) is 0. The minimum Gasteiger partial charge on any atom is -0.372 e. The summed E-state index contributed by atoms with van der Waals surface area (Å²) in [7, 11) is -2.17. The van der Waals surface area contributed by atoms with Gasteiger partial charge in [-0.25, -0.2) is 4.21 Å². The van der Waals surface area contributed by atoms with Gasteiger partial charge in [-0.2, -0.15) is 4.36 Å². The van der Waals surface area contributed by atoms with E-state index in [0.29, 0.717) is 11.5 Å². The summed E-state index contributed by atoms with van der Waals surface area (Å²) in [5.41, 5.74) is 3.30. The fourth-order valence-electron chi connectivity index (χ4n) is 4.00. The molecule has 2 heterocycles. The van der Waals surface area contributed by atoms with Crippen molar-refractivity contribution in [2.45, 2.75) is 31.9 Å². The van der Waals surface area contributed by atoms with E-state index in [1.54, 1.807) is 0 Å². The average Bonchev–Trinajstić information content (AvgIpc) is 2.68. The Morgan fingerprint density at radius 2 is 1.78 bits per heavy atom. The van der Waals surface area contributed by atoms with Crippen molar-refractivity contribution in [3.05, 3.63) is 65.7 Å². The Labute approximate surface area is 162 Å². The number of hydrogen-bond acceptors (Lipinski definition) is 4. The maximum atomic E-state index is 13.2. The van der Waals surface area contributed by atoms with Crippen molar-refractivity contribution in [1.82, 2.24) is 4.90 Å². The first-order valence-electron chi connectivity index (χ1n) is 9.74. The molecule has 2 saturated heterocycles. The molecular formula is C22H28N2O2S. The zero-order chi connectivity index (χ0) is 18.7. The molecule has 0 unspecified atom stereocenters. The van der Waals surface area contributed by atoms with E-state index in [1.165, 1.54) is 11.1 Å². The van der Waals surface area contributed by atoms with Gasteiger partial charge in [-0.1, -0.05) is 48.0 Å². The molecule has 0 amide bonds. The molecular weight excluding hydrogens is 356 g/mol. The van der Waals surface area contributed by atoms with E-state index in [9.17, 15) is 4.21 Å². The summed E-state index contributed by atoms with van der Waals surface area (Å²) in [6, 6.07) is 18.5. The van der Waals surface area contributed by atoms with Gasteiger partial charge in [0, 0.05) is 31.1 Å². The van der Waals surface area contributed by atoms with E-state index >= 15 is 0 Å². The van der Waals surface area contributed by atoms with Crippen LogP contribution in [0.1, 0.15) is 24.0 Å². The van der Waals surface area contributed by atoms with Crippen LogP contribution in [0, 0.1) is 6.92 Å². The lowest BCUT2D eigenvalue weighted by Crippen LogP contribution is -2.54. The van der Waals surface area contributed by atoms with Gasteiger partial charge in [-0.15, -0.1) is 0 Å². The summed E-state index contributed by atoms with van der Waals surface area (Å²) in [4.78, 5) is 2.48. The van der Waals surface area contributed by atoms with Crippen LogP contribution in [0.25, 0.3) is 0 Å². The van der Waals surface area contributed by atoms with Crippen LogP contribution >= 0.6 is 0 Å². The van der Waals surface area contributed by atoms with Crippen molar-refractivity contribution >= 4 is 15.4 Å². The fourth-order valence-corrected chi connectivity index (χ4v) is 6.28. The number of nitrogens with zero attached hydrogens (tertiary/aromatic N) is 2. The van der Waals surface area contributed by atoms with Gasteiger partial charge in [0.15, 0.2) is 0 Å². The van der Waals surface area contributed by atoms with E-state index in [0.717, 1.165) is 44.8 Å². The first-order chi connectivity index (χ1) is 13.0. The Morgan fingerprint density at radius 3 is 2.48 bits per heavy atom. The van der Waals surface area contributed by atoms with Gasteiger partial charge in [0.2, 0.25) is 0 Å². The summed E-state index contributed by atoms with van der Waals surface area (Å²) in [6.07, 6.45) is 1.65. The monoisotopic (exact) mass is 384 g/mol. The van der Waals surface area contributed by atoms with E-state index in [1.807, 2.05) is 30.3 Å². The molecule has 2 fully saturated rings. The highest BCUT2D eigenvalue weighted by atomic mass is 32.2. The van der Waals surface area contributed by atoms with Gasteiger partial charge < -0.3 is 4.74 Å². The number of benzene rings is 2. The van der Waals surface area contributed by atoms with Gasteiger partial charge in [0.1, 0.15) is 0 Å². The van der Waals surface area contributed by atoms with Gasteiger partial charge in [0.25, 0.3) is 0 Å². The van der Waals surface area contributed by atoms with Crippen molar-refractivity contribution < 1.29 is 8.95 Å². The van der Waals surface area contributed by atoms with Crippen molar-refractivity contribution in [3.63, 3.8) is 0 Å². The zero-order valence-electron chi connectivity index (χ0n) is 16.0. The third-order valence-corrected chi connectivity index (χ3v) is 7.86. The quantitative estimate of drug-likeness (QED) is 0.798. The summed E-state index contributed by atoms with van der Waals surface area (Å²) in [5.74, 6) is 1.25. The van der Waals surface area contributed by atoms with E-state index in [-0.39, 0.29) is 5.60 Å². The third-order valence-electron chi connectivity index (χ3n) is 5.64. The first kappa shape index (κ1) is 18.7. The molecule has 0 saturated carbocycles. The minimum absolute atomic E-state index is 0.157. The molecule has 144 valence electrons. The zero-order valence-corrected chi connectivity index (χ0v) is 16.8. The van der Waals surface area contributed by atoms with Crippen molar-refractivity contribution in [2.75, 3.05) is 31.2 Å². The lowest BCUT2D eigenvalue weighted by Gasteiger charge is -2.45. The molecule has 5 heteroatoms. The fraction of sp³-hybridized carbons (Fsp3) is 0.455. The van der Waals surface area contributed by atoms with Crippen LogP contribution in [0.3, 0.4) is 0 Å². The van der Waals surface area contributed by atoms with Crippen molar-refractivity contribution in [1.29, 1.82) is 0 Å². The molecule has 0 atom stereocenters. The first-order valence-corrected chi connectivity index (χ1v) is 11.6. The normalized spacial score (nSPS) is 28.9. The van der Waals surface area contributed by atoms with E-state index in [4.69, 9.17) is 4.74 Å². The van der Waals surface area contributed by atoms with Crippen LogP contribution in [-0.4, -0.2) is 45.9 Å². The molecule has 4 rings (SSSR count). The number of ether oxygens (including phenoxy) is 1. The second-order valence-electron chi connectivity index (χ2n) is 7.84. The van der Waals surface area contributed by atoms with Crippen LogP contribution in [0.5, 0.6) is 0 Å². The molecule has 0 aromatic heterocycles. The van der Waals surface area contributed by atoms with E-state index < -0.39 is 9.73 Å². The molecule has 2 aromatic carbocycles. The van der Waals surface area contributed by atoms with Gasteiger partial charge >= 0.3 is 0 Å². The highest BCUT2D eigenvalue weighted by Gasteiger charge is 2.41. The summed E-state index contributed by atoms with van der Waals surface area (Å²) in [6.45, 7) is 5.70. The second kappa shape index (κ2) is 7.74. The van der Waals surface area contributed by atoms with Gasteiger partial charge in [-0.05, 0) is 37.5 Å². The molecule has 0 radical (unpaired) electrons. The lowest BCUT2D eigenvalue weighted by molar-refractivity contribution is -0.115. The van der Waals surface area contributed by atoms with Crippen molar-refractivity contribution in [2.24, 2.45) is 4.36 Å². The molecule has 0 bridgehead atoms. The predicted octanol–water partition coefficient (Wildman–Crippen LogP) is 4.16. The average molecular weight is 385 g/mol. The number of morpholine rings is 1. The molecule has 2 aliphatic heterocycles. The number of rotatable bonds is 3. The Morgan fingerprint density at radius 1 is 1.07 bits per heavy atom. The topological polar surface area (TPSA) is 41.9 Å². The van der Waals surface area contributed by atoms with Crippen LogP contribution in [0.15, 0.2) is 59.0 Å². The van der Waals surface area contributed by atoms with Crippen molar-refractivity contribution in [3.8, 4) is 0 Å². The third kappa shape index (κ3) is 4.60. The Hall–Kier alpha value is -1.69. The minimum atomic E-state index is -2.17. The Bertz CT molecular complexity index is 872. The molecule has 2 aliphatic rings. The van der Waals surface area contributed by atoms with Crippen LogP contribution in [-0.2, 0) is 21.0 Å². The molecule has 0 N–H and O–H groups in total. The molecule has 1 spiro atoms. The van der Waals surface area contributed by atoms with E-state index in [2.05, 4.69) is 40.5 Å². The molecule has 4 nitrogen and oxygen atoms in total. The Balaban J connectivity index is 1.42. The summed E-state index contributed by atoms with van der Waals surface area (Å²) in [5, 5.41) is 0. The smallest absolute Gasteiger partial charge is 0.0827 e. The highest BCUT2D eigenvalue weighted by molar-refractivity contribution is 7.93. The lowest BCUT2D eigenvalue weighted by atomic mass is 9.94. The molecule has 2 aromatic rings. The number of aryl methyl sites for hydroxylation is 1. The van der Waals surface area contributed by atoms with Crippen LogP contribution < -0.4 is 0 Å². The summed E-state index contributed by atoms with van der Waals surface area (Å²) >= 11 is 0. The molecule has 0 aliphatic carbocycles. The molecule has 27 heavy (non-hydrogen) atoms. The van der Waals surface area contributed by atoms with Crippen LogP contribution in [0.2, 0.25) is 0 Å². The Kier molecular flexibility index (Phi) is 5.35. The van der Waals surface area contributed by atoms with Gasteiger partial charge in [-0.3, -0.25) is 4.90 Å². The largest absolute Gasteiger partial charge is 0.372 e. The predicted molar refractivity (Wildman–Crippen MR) is 111 cm³/mol. The van der Waals surface area contributed by atoms with Crippen LogP contribution in [0.4, 0.5) is 5.69 Å². The second-order valence-corrected chi connectivity index (χ2v) is 10.4. The highest BCUT2D eigenvalue weighted by Crippen LogP contribution is 2.33. The summed E-state index contributed by atoms with van der Waals surface area (Å²) < 4.78 is 24.0. The maximum Gasteiger partial charge on any atom is 0.0827 e. The maximum absolute atomic E-state index is 13.2. The standard InChI is InChI=1S/C22H28N2O2S/c1-19-7-9-20(10-8-19)17-24-13-14-26-22(18-24)11-15-27(25,16-12-22)23-21-5-3-2-4-6-21/h2-10H,11-18H2,1H3. The SMILES string of the molecule is Cc1ccc(CN2CCOC3(CCS(=O)(=Nc4ccccc4)CC3)C2)cc1. The van der Waals surface area contributed by atoms with Gasteiger partial charge in [0.05, 0.1) is 27.6 Å².